The first-order valence-corrected chi connectivity index (χ1v) is 8.13. The third-order valence-electron chi connectivity index (χ3n) is 3.24. The van der Waals surface area contributed by atoms with E-state index in [1.807, 2.05) is 0 Å². The van der Waals surface area contributed by atoms with E-state index in [1.54, 1.807) is 19.9 Å². The van der Waals surface area contributed by atoms with Crippen LogP contribution in [0.4, 0.5) is 4.39 Å². The average Bonchev–Trinajstić information content (AvgIpc) is 2.35. The molecule has 0 heterocycles. The Labute approximate surface area is 118 Å². The Balaban J connectivity index is 2.77. The Bertz CT molecular complexity index is 566. The topological polar surface area (TPSA) is 71.4 Å². The van der Waals surface area contributed by atoms with Crippen molar-refractivity contribution >= 4 is 15.8 Å². The lowest BCUT2D eigenvalue weighted by atomic mass is 9.97. The molecule has 1 aromatic carbocycles. The monoisotopic (exact) mass is 302 g/mol. The fourth-order valence-electron chi connectivity index (χ4n) is 1.78. The normalized spacial score (nSPS) is 13.4. The van der Waals surface area contributed by atoms with Crippen molar-refractivity contribution in [3.8, 4) is 0 Å². The molecule has 0 aliphatic heterocycles. The van der Waals surface area contributed by atoms with Gasteiger partial charge in [0.25, 0.3) is 0 Å². The molecule has 0 aromatic heterocycles. The Kier molecular flexibility index (Phi) is 5.68. The number of rotatable bonds is 7. The van der Waals surface area contributed by atoms with Crippen molar-refractivity contribution in [3.63, 3.8) is 0 Å². The maximum Gasteiger partial charge on any atom is 0.306 e. The number of carboxylic acids is 1. The van der Waals surface area contributed by atoms with Crippen LogP contribution in [0.15, 0.2) is 24.3 Å². The van der Waals surface area contributed by atoms with Crippen LogP contribution < -0.4 is 0 Å². The number of sulfone groups is 1. The number of hydrogen-bond donors (Lipinski definition) is 1. The van der Waals surface area contributed by atoms with Crippen LogP contribution in [0.25, 0.3) is 0 Å². The average molecular weight is 302 g/mol. The standard InChI is InChI=1S/C14H19FO4S/c1-10(2)20(18,19)8-7-12(14(16)17)9-11-5-3-4-6-13(11)15/h3-6,10,12H,7-9H2,1-2H3,(H,16,17). The van der Waals surface area contributed by atoms with Gasteiger partial charge in [-0.05, 0) is 38.3 Å². The van der Waals surface area contributed by atoms with Crippen molar-refractivity contribution in [2.75, 3.05) is 5.75 Å². The van der Waals surface area contributed by atoms with Crippen molar-refractivity contribution in [3.05, 3.63) is 35.6 Å². The molecule has 0 fully saturated rings. The number of aliphatic carboxylic acids is 1. The second kappa shape index (κ2) is 6.83. The SMILES string of the molecule is CC(C)S(=O)(=O)CCC(Cc1ccccc1F)C(=O)O. The molecule has 0 spiro atoms. The van der Waals surface area contributed by atoms with Crippen LogP contribution in [-0.2, 0) is 21.1 Å². The Morgan fingerprint density at radius 3 is 2.40 bits per heavy atom. The van der Waals surface area contributed by atoms with Gasteiger partial charge in [0.15, 0.2) is 9.84 Å². The van der Waals surface area contributed by atoms with Gasteiger partial charge in [-0.2, -0.15) is 0 Å². The highest BCUT2D eigenvalue weighted by atomic mass is 32.2. The maximum atomic E-state index is 13.5. The van der Waals surface area contributed by atoms with Gasteiger partial charge in [0.2, 0.25) is 0 Å². The second-order valence-corrected chi connectivity index (χ2v) is 7.71. The maximum absolute atomic E-state index is 13.5. The highest BCUT2D eigenvalue weighted by Gasteiger charge is 2.24. The molecule has 1 N–H and O–H groups in total. The third kappa shape index (κ3) is 4.59. The predicted octanol–water partition coefficient (Wildman–Crippen LogP) is 2.28. The second-order valence-electron chi connectivity index (χ2n) is 5.04. The van der Waals surface area contributed by atoms with Crippen LogP contribution in [0.1, 0.15) is 25.8 Å². The minimum absolute atomic E-state index is 0.00434. The quantitative estimate of drug-likeness (QED) is 0.839. The molecular formula is C14H19FO4S. The summed E-state index contributed by atoms with van der Waals surface area (Å²) >= 11 is 0. The van der Waals surface area contributed by atoms with Gasteiger partial charge in [-0.1, -0.05) is 18.2 Å². The van der Waals surface area contributed by atoms with Gasteiger partial charge in [-0.3, -0.25) is 4.79 Å². The van der Waals surface area contributed by atoms with E-state index in [0.29, 0.717) is 5.56 Å². The molecule has 1 rings (SSSR count). The lowest BCUT2D eigenvalue weighted by Crippen LogP contribution is -2.24. The highest BCUT2D eigenvalue weighted by Crippen LogP contribution is 2.17. The van der Waals surface area contributed by atoms with Crippen LogP contribution in [0, 0.1) is 11.7 Å². The Hall–Kier alpha value is -1.43. The molecule has 4 nitrogen and oxygen atoms in total. The van der Waals surface area contributed by atoms with E-state index in [2.05, 4.69) is 0 Å². The summed E-state index contributed by atoms with van der Waals surface area (Å²) in [5, 5.41) is 8.61. The summed E-state index contributed by atoms with van der Waals surface area (Å²) in [7, 11) is -3.29. The summed E-state index contributed by atoms with van der Waals surface area (Å²) < 4.78 is 36.9. The first-order chi connectivity index (χ1) is 9.24. The van der Waals surface area contributed by atoms with Crippen molar-refractivity contribution < 1.29 is 22.7 Å². The van der Waals surface area contributed by atoms with Gasteiger partial charge >= 0.3 is 5.97 Å². The van der Waals surface area contributed by atoms with Crippen molar-refractivity contribution in [1.29, 1.82) is 0 Å². The van der Waals surface area contributed by atoms with Gasteiger partial charge in [0.05, 0.1) is 16.9 Å². The lowest BCUT2D eigenvalue weighted by Gasteiger charge is -2.14. The summed E-state index contributed by atoms with van der Waals surface area (Å²) in [5.74, 6) is -2.67. The summed E-state index contributed by atoms with van der Waals surface area (Å²) in [4.78, 5) is 11.2. The van der Waals surface area contributed by atoms with Crippen LogP contribution in [0.5, 0.6) is 0 Å². The largest absolute Gasteiger partial charge is 0.481 e. The van der Waals surface area contributed by atoms with Gasteiger partial charge < -0.3 is 5.11 Å². The zero-order valence-electron chi connectivity index (χ0n) is 11.5. The van der Waals surface area contributed by atoms with Crippen molar-refractivity contribution in [2.45, 2.75) is 31.9 Å². The summed E-state index contributed by atoms with van der Waals surface area (Å²) in [6, 6.07) is 5.93. The molecule has 20 heavy (non-hydrogen) atoms. The van der Waals surface area contributed by atoms with E-state index < -0.39 is 32.8 Å². The van der Waals surface area contributed by atoms with Crippen LogP contribution in [0.3, 0.4) is 0 Å². The van der Waals surface area contributed by atoms with Gasteiger partial charge in [-0.25, -0.2) is 12.8 Å². The molecule has 1 unspecified atom stereocenters. The molecular weight excluding hydrogens is 283 g/mol. The number of hydrogen-bond acceptors (Lipinski definition) is 3. The van der Waals surface area contributed by atoms with E-state index in [1.165, 1.54) is 18.2 Å². The van der Waals surface area contributed by atoms with E-state index in [0.717, 1.165) is 0 Å². The van der Waals surface area contributed by atoms with E-state index in [-0.39, 0.29) is 18.6 Å². The molecule has 0 saturated heterocycles. The van der Waals surface area contributed by atoms with Gasteiger partial charge in [-0.15, -0.1) is 0 Å². The molecule has 0 radical (unpaired) electrons. The minimum atomic E-state index is -3.29. The summed E-state index contributed by atoms with van der Waals surface area (Å²) in [6.45, 7) is 3.12. The first-order valence-electron chi connectivity index (χ1n) is 6.42. The first kappa shape index (κ1) is 16.6. The van der Waals surface area contributed by atoms with Crippen LogP contribution in [0.2, 0.25) is 0 Å². The Morgan fingerprint density at radius 2 is 1.90 bits per heavy atom. The number of carbonyl (C=O) groups is 1. The lowest BCUT2D eigenvalue weighted by molar-refractivity contribution is -0.141. The smallest absolute Gasteiger partial charge is 0.306 e. The molecule has 0 amide bonds. The predicted molar refractivity (Wildman–Crippen MR) is 74.8 cm³/mol. The number of benzene rings is 1. The van der Waals surface area contributed by atoms with Crippen LogP contribution in [-0.4, -0.2) is 30.5 Å². The highest BCUT2D eigenvalue weighted by molar-refractivity contribution is 7.91. The van der Waals surface area contributed by atoms with E-state index >= 15 is 0 Å². The number of carboxylic acid groups (broad SMARTS) is 1. The Morgan fingerprint density at radius 1 is 1.30 bits per heavy atom. The van der Waals surface area contributed by atoms with Gasteiger partial charge in [0, 0.05) is 0 Å². The molecule has 0 saturated carbocycles. The molecule has 1 aromatic rings. The molecule has 0 bridgehead atoms. The molecule has 0 aliphatic rings. The van der Waals surface area contributed by atoms with E-state index in [4.69, 9.17) is 5.11 Å². The summed E-state index contributed by atoms with van der Waals surface area (Å²) in [5.41, 5.74) is 0.293. The fraction of sp³-hybridized carbons (Fsp3) is 0.500. The zero-order valence-corrected chi connectivity index (χ0v) is 12.4. The molecule has 1 atom stereocenters. The number of halogens is 1. The third-order valence-corrected chi connectivity index (χ3v) is 5.48. The molecule has 112 valence electrons. The van der Waals surface area contributed by atoms with Crippen molar-refractivity contribution in [1.82, 2.24) is 0 Å². The molecule has 6 heteroatoms. The minimum Gasteiger partial charge on any atom is -0.481 e. The van der Waals surface area contributed by atoms with Crippen molar-refractivity contribution in [2.24, 2.45) is 5.92 Å². The molecule has 0 aliphatic carbocycles. The summed E-state index contributed by atoms with van der Waals surface area (Å²) in [6.07, 6.45) is -0.0141. The fourth-order valence-corrected chi connectivity index (χ4v) is 2.87. The zero-order chi connectivity index (χ0) is 15.3. The van der Waals surface area contributed by atoms with Gasteiger partial charge in [0.1, 0.15) is 5.82 Å². The van der Waals surface area contributed by atoms with E-state index in [9.17, 15) is 17.6 Å². The van der Waals surface area contributed by atoms with Crippen LogP contribution >= 0.6 is 0 Å².